The van der Waals surface area contributed by atoms with Crippen molar-refractivity contribution in [1.29, 1.82) is 0 Å². The van der Waals surface area contributed by atoms with Crippen LogP contribution in [0.15, 0.2) is 6.08 Å². The van der Waals surface area contributed by atoms with Gasteiger partial charge in [0.1, 0.15) is 5.15 Å². The van der Waals surface area contributed by atoms with E-state index < -0.39 is 28.3 Å². The molecule has 8 nitrogen and oxygen atoms in total. The first-order valence-corrected chi connectivity index (χ1v) is 8.97. The van der Waals surface area contributed by atoms with Crippen molar-refractivity contribution in [2.24, 2.45) is 5.73 Å². The van der Waals surface area contributed by atoms with Gasteiger partial charge >= 0.3 is 5.97 Å². The van der Waals surface area contributed by atoms with Crippen LogP contribution >= 0.6 is 11.6 Å². The Balaban J connectivity index is 2.15. The fraction of sp³-hybridized carbons (Fsp3) is 0.462. The Bertz CT molecular complexity index is 769. The average Bonchev–Trinajstić information content (AvgIpc) is 2.94. The molecule has 10 heteroatoms. The van der Waals surface area contributed by atoms with Crippen molar-refractivity contribution < 1.29 is 22.7 Å². The molecule has 0 radical (unpaired) electrons. The van der Waals surface area contributed by atoms with Gasteiger partial charge in [-0.15, -0.1) is 0 Å². The van der Waals surface area contributed by atoms with Crippen LogP contribution in [0.3, 0.4) is 0 Å². The van der Waals surface area contributed by atoms with Gasteiger partial charge in [0.2, 0.25) is 0 Å². The first-order chi connectivity index (χ1) is 10.7. The van der Waals surface area contributed by atoms with E-state index in [0.717, 1.165) is 6.08 Å². The van der Waals surface area contributed by atoms with Crippen molar-refractivity contribution >= 4 is 39.4 Å². The number of carbonyl (C=O) groups excluding carboxylic acids is 2. The number of nitrogens with two attached hydrogens (primary N) is 1. The van der Waals surface area contributed by atoms with E-state index in [-0.39, 0.29) is 22.7 Å². The molecule has 2 N–H and O–H groups in total. The fourth-order valence-corrected chi connectivity index (χ4v) is 4.34. The zero-order chi connectivity index (χ0) is 17.2. The van der Waals surface area contributed by atoms with Crippen LogP contribution in [0.4, 0.5) is 0 Å². The van der Waals surface area contributed by atoms with E-state index in [0.29, 0.717) is 17.7 Å². The highest BCUT2D eigenvalue weighted by Gasteiger charge is 2.31. The lowest BCUT2D eigenvalue weighted by molar-refractivity contribution is -0.142. The van der Waals surface area contributed by atoms with Crippen molar-refractivity contribution in [1.82, 2.24) is 9.78 Å². The number of hydrogen-bond acceptors (Lipinski definition) is 6. The van der Waals surface area contributed by atoms with Crippen molar-refractivity contribution in [2.45, 2.75) is 19.4 Å². The van der Waals surface area contributed by atoms with Crippen LogP contribution in [0.1, 0.15) is 23.7 Å². The summed E-state index contributed by atoms with van der Waals surface area (Å²) >= 11 is 6.24. The molecule has 126 valence electrons. The third-order valence-corrected chi connectivity index (χ3v) is 5.50. The minimum Gasteiger partial charge on any atom is -0.452 e. The van der Waals surface area contributed by atoms with Crippen LogP contribution in [0.5, 0.6) is 0 Å². The van der Waals surface area contributed by atoms with Gasteiger partial charge in [-0.25, -0.2) is 17.9 Å². The van der Waals surface area contributed by atoms with Gasteiger partial charge in [-0.3, -0.25) is 4.79 Å². The van der Waals surface area contributed by atoms with Gasteiger partial charge in [0.15, 0.2) is 16.4 Å². The number of halogens is 1. The van der Waals surface area contributed by atoms with Gasteiger partial charge in [-0.1, -0.05) is 11.6 Å². The van der Waals surface area contributed by atoms with E-state index in [1.807, 2.05) is 0 Å². The Morgan fingerprint density at radius 2 is 2.22 bits per heavy atom. The summed E-state index contributed by atoms with van der Waals surface area (Å²) in [7, 11) is -3.06. The summed E-state index contributed by atoms with van der Waals surface area (Å²) in [5.41, 5.74) is 5.91. The molecular weight excluding hydrogens is 346 g/mol. The van der Waals surface area contributed by atoms with Gasteiger partial charge in [-0.2, -0.15) is 5.10 Å². The highest BCUT2D eigenvalue weighted by atomic mass is 35.5. The second kappa shape index (κ2) is 6.71. The largest absolute Gasteiger partial charge is 0.452 e. The average molecular weight is 362 g/mol. The number of carbonyl (C=O) groups is 2. The van der Waals surface area contributed by atoms with Crippen LogP contribution in [-0.4, -0.2) is 48.2 Å². The van der Waals surface area contributed by atoms with E-state index in [1.165, 1.54) is 10.8 Å². The lowest BCUT2D eigenvalue weighted by atomic mass is 10.2. The number of ether oxygens (including phenoxy) is 1. The number of rotatable bonds is 5. The van der Waals surface area contributed by atoms with Gasteiger partial charge in [-0.05, 0) is 19.4 Å². The quantitative estimate of drug-likeness (QED) is 0.592. The summed E-state index contributed by atoms with van der Waals surface area (Å²) in [6.45, 7) is 1.19. The lowest BCUT2D eigenvalue weighted by Gasteiger charge is -2.09. The third kappa shape index (κ3) is 4.32. The molecule has 0 bridgehead atoms. The molecule has 1 aliphatic rings. The molecule has 1 aromatic rings. The van der Waals surface area contributed by atoms with Crippen LogP contribution in [0, 0.1) is 6.92 Å². The number of primary amides is 1. The smallest absolute Gasteiger partial charge is 0.331 e. The van der Waals surface area contributed by atoms with Crippen molar-refractivity contribution in [2.75, 3.05) is 18.1 Å². The SMILES string of the molecule is Cc1nn([C@H]2CCS(=O)(=O)C2)c(Cl)c1/C=C/C(=O)OCC(N)=O. The Kier molecular flexibility index (Phi) is 5.10. The molecule has 1 saturated heterocycles. The van der Waals surface area contributed by atoms with E-state index in [2.05, 4.69) is 9.84 Å². The topological polar surface area (TPSA) is 121 Å². The third-order valence-electron chi connectivity index (χ3n) is 3.37. The first kappa shape index (κ1) is 17.5. The van der Waals surface area contributed by atoms with Crippen LogP contribution in [0.25, 0.3) is 6.08 Å². The Labute approximate surface area is 138 Å². The van der Waals surface area contributed by atoms with E-state index in [1.54, 1.807) is 6.92 Å². The van der Waals surface area contributed by atoms with E-state index in [9.17, 15) is 18.0 Å². The molecule has 0 aliphatic carbocycles. The maximum Gasteiger partial charge on any atom is 0.331 e. The molecule has 0 aromatic carbocycles. The van der Waals surface area contributed by atoms with Crippen LogP contribution in [0.2, 0.25) is 5.15 Å². The number of hydrogen-bond donors (Lipinski definition) is 1. The van der Waals surface area contributed by atoms with Crippen LogP contribution < -0.4 is 5.73 Å². The highest BCUT2D eigenvalue weighted by molar-refractivity contribution is 7.91. The molecule has 2 heterocycles. The zero-order valence-corrected chi connectivity index (χ0v) is 13.9. The molecule has 0 saturated carbocycles. The normalized spacial score (nSPS) is 20.0. The van der Waals surface area contributed by atoms with Gasteiger partial charge in [0, 0.05) is 11.6 Å². The number of sulfone groups is 1. The highest BCUT2D eigenvalue weighted by Crippen LogP contribution is 2.30. The predicted molar refractivity (Wildman–Crippen MR) is 83.5 cm³/mol. The predicted octanol–water partition coefficient (Wildman–Crippen LogP) is 0.246. The lowest BCUT2D eigenvalue weighted by Crippen LogP contribution is -2.19. The summed E-state index contributed by atoms with van der Waals surface area (Å²) in [4.78, 5) is 22.0. The fourth-order valence-electron chi connectivity index (χ4n) is 2.27. The molecular formula is C13H16ClN3O5S. The molecule has 1 atom stereocenters. The summed E-state index contributed by atoms with van der Waals surface area (Å²) in [5.74, 6) is -1.39. The molecule has 2 rings (SSSR count). The van der Waals surface area contributed by atoms with Crippen molar-refractivity contribution in [3.63, 3.8) is 0 Å². The number of aromatic nitrogens is 2. The summed E-state index contributed by atoms with van der Waals surface area (Å²) < 4.78 is 29.2. The molecule has 23 heavy (non-hydrogen) atoms. The van der Waals surface area contributed by atoms with Gasteiger partial charge in [0.05, 0.1) is 23.2 Å². The molecule has 1 amide bonds. The van der Waals surface area contributed by atoms with E-state index >= 15 is 0 Å². The molecule has 0 unspecified atom stereocenters. The maximum atomic E-state index is 11.6. The Hall–Kier alpha value is -1.87. The molecule has 1 aromatic heterocycles. The second-order valence-electron chi connectivity index (χ2n) is 5.20. The standard InChI is InChI=1S/C13H16ClN3O5S/c1-8-10(2-3-12(19)22-6-11(15)18)13(14)17(16-8)9-4-5-23(20,21)7-9/h2-3,9H,4-7H2,1H3,(H2,15,18)/b3-2+/t9-/m0/s1. The minimum absolute atomic E-state index is 0.00233. The van der Waals surface area contributed by atoms with Crippen molar-refractivity contribution in [3.8, 4) is 0 Å². The van der Waals surface area contributed by atoms with Crippen LogP contribution in [-0.2, 0) is 24.2 Å². The maximum absolute atomic E-state index is 11.6. The monoisotopic (exact) mass is 361 g/mol. The van der Waals surface area contributed by atoms with E-state index in [4.69, 9.17) is 17.3 Å². The Morgan fingerprint density at radius 3 is 2.78 bits per heavy atom. The summed E-state index contributed by atoms with van der Waals surface area (Å²) in [6, 6.07) is -0.310. The number of esters is 1. The molecule has 1 fully saturated rings. The van der Waals surface area contributed by atoms with Crippen molar-refractivity contribution in [3.05, 3.63) is 22.5 Å². The Morgan fingerprint density at radius 1 is 1.52 bits per heavy atom. The number of aryl methyl sites for hydroxylation is 1. The zero-order valence-electron chi connectivity index (χ0n) is 12.4. The number of amides is 1. The molecule has 1 aliphatic heterocycles. The summed E-state index contributed by atoms with van der Waals surface area (Å²) in [5, 5.41) is 4.51. The minimum atomic E-state index is -3.06. The van der Waals surface area contributed by atoms with Gasteiger partial charge < -0.3 is 10.5 Å². The number of nitrogens with zero attached hydrogens (tertiary/aromatic N) is 2. The second-order valence-corrected chi connectivity index (χ2v) is 7.79. The van der Waals surface area contributed by atoms with Gasteiger partial charge in [0.25, 0.3) is 5.91 Å². The molecule has 0 spiro atoms. The summed E-state index contributed by atoms with van der Waals surface area (Å²) in [6.07, 6.45) is 2.97. The first-order valence-electron chi connectivity index (χ1n) is 6.78.